The number of anilines is 1. The van der Waals surface area contributed by atoms with Crippen molar-refractivity contribution in [1.29, 1.82) is 0 Å². The molecule has 0 radical (unpaired) electrons. The molecule has 0 aliphatic rings. The van der Waals surface area contributed by atoms with E-state index in [0.29, 0.717) is 12.2 Å². The van der Waals surface area contributed by atoms with E-state index in [4.69, 9.17) is 5.73 Å². The van der Waals surface area contributed by atoms with Crippen LogP contribution in [0.3, 0.4) is 0 Å². The second-order valence-electron chi connectivity index (χ2n) is 3.66. The Morgan fingerprint density at radius 3 is 2.75 bits per heavy atom. The fourth-order valence-electron chi connectivity index (χ4n) is 1.56. The molecule has 0 amide bonds. The molecule has 3 nitrogen and oxygen atoms in total. The quantitative estimate of drug-likeness (QED) is 0.918. The highest BCUT2D eigenvalue weighted by molar-refractivity contribution is 9.10. The standard InChI is InChI=1S/C12H12BrN3/c1-8-5-11(14)16-12(15-8)7-9-3-2-4-10(13)6-9/h2-6H,7H2,1H3,(H2,14,15,16). The average Bonchev–Trinajstić information content (AvgIpc) is 2.15. The predicted molar refractivity (Wildman–Crippen MR) is 68.1 cm³/mol. The number of hydrogen-bond acceptors (Lipinski definition) is 3. The van der Waals surface area contributed by atoms with Crippen molar-refractivity contribution >= 4 is 21.7 Å². The van der Waals surface area contributed by atoms with Crippen LogP contribution in [0.25, 0.3) is 0 Å². The minimum absolute atomic E-state index is 0.525. The zero-order valence-electron chi connectivity index (χ0n) is 8.94. The highest BCUT2D eigenvalue weighted by Gasteiger charge is 2.02. The molecule has 0 aliphatic carbocycles. The van der Waals surface area contributed by atoms with E-state index in [0.717, 1.165) is 16.0 Å². The van der Waals surface area contributed by atoms with E-state index in [2.05, 4.69) is 32.0 Å². The molecule has 0 bridgehead atoms. The van der Waals surface area contributed by atoms with Crippen molar-refractivity contribution in [2.24, 2.45) is 0 Å². The minimum atomic E-state index is 0.525. The van der Waals surface area contributed by atoms with Gasteiger partial charge in [0, 0.05) is 22.7 Å². The lowest BCUT2D eigenvalue weighted by atomic mass is 10.1. The fourth-order valence-corrected chi connectivity index (χ4v) is 2.01. The summed E-state index contributed by atoms with van der Waals surface area (Å²) < 4.78 is 1.06. The Labute approximate surface area is 103 Å². The molecule has 0 saturated carbocycles. The molecule has 0 saturated heterocycles. The molecule has 0 fully saturated rings. The van der Waals surface area contributed by atoms with Gasteiger partial charge < -0.3 is 5.73 Å². The number of aryl methyl sites for hydroxylation is 1. The van der Waals surface area contributed by atoms with E-state index in [1.54, 1.807) is 6.07 Å². The van der Waals surface area contributed by atoms with Crippen molar-refractivity contribution in [3.05, 3.63) is 51.9 Å². The summed E-state index contributed by atoms with van der Waals surface area (Å²) in [7, 11) is 0. The van der Waals surface area contributed by atoms with Gasteiger partial charge in [-0.1, -0.05) is 28.1 Å². The van der Waals surface area contributed by atoms with Gasteiger partial charge in [0.25, 0.3) is 0 Å². The van der Waals surface area contributed by atoms with Crippen LogP contribution in [0.2, 0.25) is 0 Å². The summed E-state index contributed by atoms with van der Waals surface area (Å²) in [4.78, 5) is 8.56. The zero-order chi connectivity index (χ0) is 11.5. The monoisotopic (exact) mass is 277 g/mol. The Morgan fingerprint density at radius 1 is 1.25 bits per heavy atom. The molecule has 4 heteroatoms. The molecule has 2 aromatic rings. The first kappa shape index (κ1) is 11.1. The Balaban J connectivity index is 2.27. The maximum atomic E-state index is 5.68. The maximum absolute atomic E-state index is 5.68. The van der Waals surface area contributed by atoms with Gasteiger partial charge in [-0.05, 0) is 24.6 Å². The number of aromatic nitrogens is 2. The largest absolute Gasteiger partial charge is 0.384 e. The number of hydrogen-bond donors (Lipinski definition) is 1. The second-order valence-corrected chi connectivity index (χ2v) is 4.57. The van der Waals surface area contributed by atoms with Gasteiger partial charge in [-0.2, -0.15) is 0 Å². The van der Waals surface area contributed by atoms with Gasteiger partial charge in [0.1, 0.15) is 11.6 Å². The van der Waals surface area contributed by atoms with Gasteiger partial charge in [0.2, 0.25) is 0 Å². The van der Waals surface area contributed by atoms with E-state index in [-0.39, 0.29) is 0 Å². The van der Waals surface area contributed by atoms with Crippen LogP contribution in [0, 0.1) is 6.92 Å². The molecular formula is C12H12BrN3. The first-order valence-electron chi connectivity index (χ1n) is 4.98. The molecule has 0 unspecified atom stereocenters. The van der Waals surface area contributed by atoms with Crippen molar-refractivity contribution in [3.8, 4) is 0 Å². The molecule has 16 heavy (non-hydrogen) atoms. The van der Waals surface area contributed by atoms with Gasteiger partial charge in [0.15, 0.2) is 0 Å². The van der Waals surface area contributed by atoms with Gasteiger partial charge in [-0.3, -0.25) is 0 Å². The topological polar surface area (TPSA) is 51.8 Å². The highest BCUT2D eigenvalue weighted by atomic mass is 79.9. The Morgan fingerprint density at radius 2 is 2.06 bits per heavy atom. The molecule has 0 aliphatic heterocycles. The third kappa shape index (κ3) is 2.79. The Kier molecular flexibility index (Phi) is 3.19. The molecule has 82 valence electrons. The minimum Gasteiger partial charge on any atom is -0.384 e. The van der Waals surface area contributed by atoms with E-state index in [1.165, 1.54) is 5.56 Å². The van der Waals surface area contributed by atoms with Crippen LogP contribution in [0.1, 0.15) is 17.1 Å². The maximum Gasteiger partial charge on any atom is 0.135 e. The van der Waals surface area contributed by atoms with E-state index in [9.17, 15) is 0 Å². The lowest BCUT2D eigenvalue weighted by Crippen LogP contribution is -2.02. The first-order valence-corrected chi connectivity index (χ1v) is 5.77. The summed E-state index contributed by atoms with van der Waals surface area (Å²) in [6.45, 7) is 1.92. The summed E-state index contributed by atoms with van der Waals surface area (Å²) in [6.07, 6.45) is 0.700. The number of halogens is 1. The molecule has 2 rings (SSSR count). The van der Waals surface area contributed by atoms with Crippen LogP contribution in [0.15, 0.2) is 34.8 Å². The van der Waals surface area contributed by atoms with Crippen LogP contribution in [-0.4, -0.2) is 9.97 Å². The SMILES string of the molecule is Cc1cc(N)nc(Cc2cccc(Br)c2)n1. The third-order valence-electron chi connectivity index (χ3n) is 2.17. The van der Waals surface area contributed by atoms with Crippen molar-refractivity contribution in [2.45, 2.75) is 13.3 Å². The third-order valence-corrected chi connectivity index (χ3v) is 2.66. The summed E-state index contributed by atoms with van der Waals surface area (Å²) >= 11 is 3.44. The van der Waals surface area contributed by atoms with Gasteiger partial charge in [0.05, 0.1) is 0 Å². The van der Waals surface area contributed by atoms with E-state index >= 15 is 0 Å². The average molecular weight is 278 g/mol. The zero-order valence-corrected chi connectivity index (χ0v) is 10.5. The van der Waals surface area contributed by atoms with Crippen LogP contribution < -0.4 is 5.73 Å². The molecule has 0 atom stereocenters. The van der Waals surface area contributed by atoms with Crippen LogP contribution >= 0.6 is 15.9 Å². The highest BCUT2D eigenvalue weighted by Crippen LogP contribution is 2.14. The first-order chi connectivity index (χ1) is 7.63. The van der Waals surface area contributed by atoms with Crippen LogP contribution in [0.4, 0.5) is 5.82 Å². The van der Waals surface area contributed by atoms with Gasteiger partial charge >= 0.3 is 0 Å². The number of nitrogens with two attached hydrogens (primary N) is 1. The smallest absolute Gasteiger partial charge is 0.135 e. The normalized spacial score (nSPS) is 10.4. The Hall–Kier alpha value is -1.42. The number of nitrogens with zero attached hydrogens (tertiary/aromatic N) is 2. The van der Waals surface area contributed by atoms with Crippen molar-refractivity contribution in [1.82, 2.24) is 9.97 Å². The summed E-state index contributed by atoms with van der Waals surface area (Å²) in [5.41, 5.74) is 7.75. The number of nitrogen functional groups attached to an aromatic ring is 1. The van der Waals surface area contributed by atoms with E-state index < -0.39 is 0 Å². The lowest BCUT2D eigenvalue weighted by molar-refractivity contribution is 0.948. The molecule has 1 heterocycles. The van der Waals surface area contributed by atoms with E-state index in [1.807, 2.05) is 25.1 Å². The predicted octanol–water partition coefficient (Wildman–Crippen LogP) is 2.72. The second kappa shape index (κ2) is 4.61. The number of benzene rings is 1. The lowest BCUT2D eigenvalue weighted by Gasteiger charge is -2.03. The van der Waals surface area contributed by atoms with Gasteiger partial charge in [-0.15, -0.1) is 0 Å². The molecule has 1 aromatic carbocycles. The van der Waals surface area contributed by atoms with Gasteiger partial charge in [-0.25, -0.2) is 9.97 Å². The van der Waals surface area contributed by atoms with Crippen LogP contribution in [0.5, 0.6) is 0 Å². The number of rotatable bonds is 2. The molecular weight excluding hydrogens is 266 g/mol. The fraction of sp³-hybridized carbons (Fsp3) is 0.167. The Bertz CT molecular complexity index is 491. The molecule has 1 aromatic heterocycles. The van der Waals surface area contributed by atoms with Crippen molar-refractivity contribution in [2.75, 3.05) is 5.73 Å². The summed E-state index contributed by atoms with van der Waals surface area (Å²) in [5.74, 6) is 1.29. The molecule has 0 spiro atoms. The molecule has 2 N–H and O–H groups in total. The van der Waals surface area contributed by atoms with Crippen LogP contribution in [-0.2, 0) is 6.42 Å². The van der Waals surface area contributed by atoms with Crippen molar-refractivity contribution < 1.29 is 0 Å². The summed E-state index contributed by atoms with van der Waals surface area (Å²) in [5, 5.41) is 0. The summed E-state index contributed by atoms with van der Waals surface area (Å²) in [6, 6.07) is 9.87. The van der Waals surface area contributed by atoms with Crippen molar-refractivity contribution in [3.63, 3.8) is 0 Å².